The van der Waals surface area contributed by atoms with E-state index in [0.29, 0.717) is 16.0 Å². The minimum Gasteiger partial charge on any atom is -0.349 e. The molecule has 4 rings (SSSR count). The van der Waals surface area contributed by atoms with Crippen LogP contribution in [-0.4, -0.2) is 26.5 Å². The molecule has 1 atom stereocenters. The Balaban J connectivity index is 1.39. The molecular formula is C20H20ClN5OS. The van der Waals surface area contributed by atoms with Crippen LogP contribution in [0.1, 0.15) is 30.0 Å². The number of amides is 1. The number of hydrogen-bond donors (Lipinski definition) is 2. The quantitative estimate of drug-likeness (QED) is 0.493. The molecule has 144 valence electrons. The standard InChI is InChI=1S/C20H20ClN5OS/c21-15-10-8-14(9-11-15)19-24-25-20(26(19)22)28-12-18(27)23-17-7-3-5-13-4-1-2-6-16(13)17/h1-2,4,6,8-11,17H,3,5,7,12,22H2,(H,23,27)/t17-/m0/s1. The summed E-state index contributed by atoms with van der Waals surface area (Å²) in [4.78, 5) is 12.5. The number of halogens is 1. The van der Waals surface area contributed by atoms with Gasteiger partial charge in [0.15, 0.2) is 5.82 Å². The van der Waals surface area contributed by atoms with Crippen LogP contribution < -0.4 is 11.2 Å². The monoisotopic (exact) mass is 413 g/mol. The van der Waals surface area contributed by atoms with E-state index in [9.17, 15) is 4.79 Å². The maximum atomic E-state index is 12.5. The molecule has 1 amide bonds. The van der Waals surface area contributed by atoms with Crippen molar-refractivity contribution in [1.82, 2.24) is 20.2 Å². The molecule has 3 aromatic rings. The van der Waals surface area contributed by atoms with Crippen molar-refractivity contribution in [3.63, 3.8) is 0 Å². The number of hydrogen-bond acceptors (Lipinski definition) is 5. The average Bonchev–Trinajstić information content (AvgIpc) is 3.08. The first-order valence-electron chi connectivity index (χ1n) is 9.08. The average molecular weight is 414 g/mol. The second-order valence-corrected chi connectivity index (χ2v) is 8.06. The molecule has 0 bridgehead atoms. The van der Waals surface area contributed by atoms with Gasteiger partial charge in [-0.15, -0.1) is 10.2 Å². The Kier molecular flexibility index (Phi) is 5.54. The number of thioether (sulfide) groups is 1. The minimum atomic E-state index is -0.0391. The smallest absolute Gasteiger partial charge is 0.230 e. The minimum absolute atomic E-state index is 0.0391. The summed E-state index contributed by atoms with van der Waals surface area (Å²) >= 11 is 7.19. The first-order chi connectivity index (χ1) is 13.6. The molecule has 1 aliphatic carbocycles. The van der Waals surface area contributed by atoms with Crippen LogP contribution in [0.4, 0.5) is 0 Å². The molecule has 0 saturated heterocycles. The second-order valence-electron chi connectivity index (χ2n) is 6.68. The number of carbonyl (C=O) groups is 1. The van der Waals surface area contributed by atoms with Gasteiger partial charge in [-0.1, -0.05) is 47.6 Å². The van der Waals surface area contributed by atoms with E-state index in [1.165, 1.54) is 27.6 Å². The molecule has 6 nitrogen and oxygen atoms in total. The molecule has 0 spiro atoms. The number of nitrogen functional groups attached to an aromatic ring is 1. The van der Waals surface area contributed by atoms with Crippen LogP contribution in [-0.2, 0) is 11.2 Å². The molecule has 0 aliphatic heterocycles. The number of nitrogens with one attached hydrogen (secondary N) is 1. The van der Waals surface area contributed by atoms with E-state index in [1.807, 2.05) is 24.3 Å². The van der Waals surface area contributed by atoms with Crippen LogP contribution in [0.15, 0.2) is 53.7 Å². The number of rotatable bonds is 5. The summed E-state index contributed by atoms with van der Waals surface area (Å²) in [5, 5.41) is 12.5. The van der Waals surface area contributed by atoms with Crippen molar-refractivity contribution < 1.29 is 4.79 Å². The largest absolute Gasteiger partial charge is 0.349 e. The predicted molar refractivity (Wildman–Crippen MR) is 112 cm³/mol. The van der Waals surface area contributed by atoms with Crippen molar-refractivity contribution in [1.29, 1.82) is 0 Å². The van der Waals surface area contributed by atoms with Gasteiger partial charge in [-0.25, -0.2) is 4.68 Å². The summed E-state index contributed by atoms with van der Waals surface area (Å²) in [6, 6.07) is 15.6. The van der Waals surface area contributed by atoms with Gasteiger partial charge in [-0.2, -0.15) is 0 Å². The lowest BCUT2D eigenvalue weighted by atomic mass is 9.88. The molecule has 0 saturated carbocycles. The highest BCUT2D eigenvalue weighted by Crippen LogP contribution is 2.29. The highest BCUT2D eigenvalue weighted by Gasteiger charge is 2.22. The summed E-state index contributed by atoms with van der Waals surface area (Å²) in [6.45, 7) is 0. The van der Waals surface area contributed by atoms with Crippen LogP contribution >= 0.6 is 23.4 Å². The zero-order chi connectivity index (χ0) is 19.5. The molecule has 0 unspecified atom stereocenters. The Morgan fingerprint density at radius 2 is 2.00 bits per heavy atom. The Morgan fingerprint density at radius 1 is 1.21 bits per heavy atom. The number of fused-ring (bicyclic) bond motifs is 1. The normalized spacial score (nSPS) is 15.8. The number of aromatic nitrogens is 3. The molecule has 3 N–H and O–H groups in total. The van der Waals surface area contributed by atoms with Gasteiger partial charge in [0.25, 0.3) is 0 Å². The Morgan fingerprint density at radius 3 is 2.82 bits per heavy atom. The van der Waals surface area contributed by atoms with Crippen molar-refractivity contribution in [2.45, 2.75) is 30.5 Å². The summed E-state index contributed by atoms with van der Waals surface area (Å²) in [6.07, 6.45) is 3.11. The van der Waals surface area contributed by atoms with Crippen LogP contribution in [0.5, 0.6) is 0 Å². The summed E-state index contributed by atoms with van der Waals surface area (Å²) in [5.41, 5.74) is 3.36. The van der Waals surface area contributed by atoms with E-state index in [-0.39, 0.29) is 17.7 Å². The highest BCUT2D eigenvalue weighted by atomic mass is 35.5. The van der Waals surface area contributed by atoms with Gasteiger partial charge in [-0.05, 0) is 54.7 Å². The maximum absolute atomic E-state index is 12.5. The van der Waals surface area contributed by atoms with Crippen molar-refractivity contribution in [3.8, 4) is 11.4 Å². The summed E-state index contributed by atoms with van der Waals surface area (Å²) in [5.74, 6) is 6.83. The fourth-order valence-electron chi connectivity index (χ4n) is 3.44. The lowest BCUT2D eigenvalue weighted by Crippen LogP contribution is -2.32. The molecule has 8 heteroatoms. The topological polar surface area (TPSA) is 85.8 Å². The van der Waals surface area contributed by atoms with Gasteiger partial charge < -0.3 is 11.2 Å². The molecule has 0 fully saturated rings. The van der Waals surface area contributed by atoms with Crippen LogP contribution in [0, 0.1) is 0 Å². The zero-order valence-electron chi connectivity index (χ0n) is 15.1. The lowest BCUT2D eigenvalue weighted by molar-refractivity contribution is -0.119. The fraction of sp³-hybridized carbons (Fsp3) is 0.250. The van der Waals surface area contributed by atoms with Gasteiger partial charge in [0.2, 0.25) is 11.1 Å². The van der Waals surface area contributed by atoms with Gasteiger partial charge in [0.1, 0.15) is 0 Å². The van der Waals surface area contributed by atoms with Crippen LogP contribution in [0.3, 0.4) is 0 Å². The molecule has 2 aromatic carbocycles. The first-order valence-corrected chi connectivity index (χ1v) is 10.4. The molecule has 28 heavy (non-hydrogen) atoms. The zero-order valence-corrected chi connectivity index (χ0v) is 16.7. The highest BCUT2D eigenvalue weighted by molar-refractivity contribution is 7.99. The third kappa shape index (κ3) is 4.00. The van der Waals surface area contributed by atoms with Crippen LogP contribution in [0.25, 0.3) is 11.4 Å². The van der Waals surface area contributed by atoms with E-state index >= 15 is 0 Å². The molecular weight excluding hydrogens is 394 g/mol. The first kappa shape index (κ1) is 18.8. The molecule has 1 aromatic heterocycles. The molecule has 1 aliphatic rings. The maximum Gasteiger partial charge on any atom is 0.230 e. The van der Waals surface area contributed by atoms with E-state index in [4.69, 9.17) is 17.4 Å². The van der Waals surface area contributed by atoms with Gasteiger partial charge in [0.05, 0.1) is 11.8 Å². The third-order valence-electron chi connectivity index (χ3n) is 4.80. The van der Waals surface area contributed by atoms with Crippen molar-refractivity contribution in [3.05, 3.63) is 64.7 Å². The number of nitrogens with zero attached hydrogens (tertiary/aromatic N) is 3. The van der Waals surface area contributed by atoms with Gasteiger partial charge >= 0.3 is 0 Å². The van der Waals surface area contributed by atoms with Crippen LogP contribution in [0.2, 0.25) is 5.02 Å². The van der Waals surface area contributed by atoms with E-state index < -0.39 is 0 Å². The Labute approximate surface area is 172 Å². The number of nitrogens with two attached hydrogens (primary N) is 1. The lowest BCUT2D eigenvalue weighted by Gasteiger charge is -2.26. The van der Waals surface area contributed by atoms with Crippen molar-refractivity contribution in [2.24, 2.45) is 0 Å². The molecule has 1 heterocycles. The van der Waals surface area contributed by atoms with Crippen molar-refractivity contribution in [2.75, 3.05) is 11.6 Å². The van der Waals surface area contributed by atoms with Gasteiger partial charge in [-0.3, -0.25) is 4.79 Å². The van der Waals surface area contributed by atoms with E-state index in [0.717, 1.165) is 24.8 Å². The molecule has 0 radical (unpaired) electrons. The SMILES string of the molecule is Nn1c(SCC(=O)N[C@H]2CCCc3ccccc32)nnc1-c1ccc(Cl)cc1. The fourth-order valence-corrected chi connectivity index (χ4v) is 4.23. The third-order valence-corrected chi connectivity index (χ3v) is 6.00. The predicted octanol–water partition coefficient (Wildman–Crippen LogP) is 3.60. The van der Waals surface area contributed by atoms with E-state index in [1.54, 1.807) is 12.1 Å². The number of benzene rings is 2. The van der Waals surface area contributed by atoms with Gasteiger partial charge in [0, 0.05) is 10.6 Å². The summed E-state index contributed by atoms with van der Waals surface area (Å²) < 4.78 is 1.40. The van der Waals surface area contributed by atoms with E-state index in [2.05, 4.69) is 27.6 Å². The second kappa shape index (κ2) is 8.24. The number of carbonyl (C=O) groups excluding carboxylic acids is 1. The Hall–Kier alpha value is -2.51. The number of aryl methyl sites for hydroxylation is 1. The Bertz CT molecular complexity index is 989. The summed E-state index contributed by atoms with van der Waals surface area (Å²) in [7, 11) is 0. The van der Waals surface area contributed by atoms with Crippen molar-refractivity contribution >= 4 is 29.3 Å².